The Hall–Kier alpha value is -4.15. The molecule has 0 spiro atoms. The molecule has 1 aliphatic rings. The normalized spacial score (nSPS) is 14.7. The van der Waals surface area contributed by atoms with Gasteiger partial charge in [0.1, 0.15) is 11.4 Å². The SMILES string of the molecule is CN(C(=O)c1ccccc1OC(F)(F)F)C1CCN(c2nnc(-c3ccnn3C)c3ccccc23)CC1. The topological polar surface area (TPSA) is 76.4 Å². The lowest BCUT2D eigenvalue weighted by atomic mass is 10.0. The summed E-state index contributed by atoms with van der Waals surface area (Å²) in [4.78, 5) is 16.7. The number of carbonyl (C=O) groups is 1. The number of carbonyl (C=O) groups excluding carboxylic acids is 1. The third-order valence-corrected chi connectivity index (χ3v) is 6.71. The number of aromatic nitrogens is 4. The first-order valence-electron chi connectivity index (χ1n) is 11.8. The number of halogens is 3. The van der Waals surface area contributed by atoms with E-state index in [1.54, 1.807) is 17.9 Å². The quantitative estimate of drug-likeness (QED) is 0.389. The average Bonchev–Trinajstić information content (AvgIpc) is 3.32. The maximum absolute atomic E-state index is 13.1. The van der Waals surface area contributed by atoms with E-state index >= 15 is 0 Å². The number of hydrogen-bond donors (Lipinski definition) is 0. The zero-order chi connectivity index (χ0) is 26.2. The van der Waals surface area contributed by atoms with Crippen molar-refractivity contribution < 1.29 is 22.7 Å². The summed E-state index contributed by atoms with van der Waals surface area (Å²) in [6.07, 6.45) is -1.90. The first-order chi connectivity index (χ1) is 17.7. The first kappa shape index (κ1) is 24.5. The molecule has 3 heterocycles. The molecule has 5 rings (SSSR count). The van der Waals surface area contributed by atoms with Gasteiger partial charge in [-0.05, 0) is 31.0 Å². The molecule has 0 bridgehead atoms. The highest BCUT2D eigenvalue weighted by Crippen LogP contribution is 2.33. The summed E-state index contributed by atoms with van der Waals surface area (Å²) >= 11 is 0. The second-order valence-corrected chi connectivity index (χ2v) is 8.94. The van der Waals surface area contributed by atoms with Crippen LogP contribution >= 0.6 is 0 Å². The molecule has 1 fully saturated rings. The zero-order valence-corrected chi connectivity index (χ0v) is 20.3. The summed E-state index contributed by atoms with van der Waals surface area (Å²) in [5.74, 6) is -0.249. The third kappa shape index (κ3) is 4.93. The highest BCUT2D eigenvalue weighted by molar-refractivity contribution is 6.00. The Balaban J connectivity index is 1.33. The van der Waals surface area contributed by atoms with E-state index < -0.39 is 18.0 Å². The molecule has 2 aromatic carbocycles. The van der Waals surface area contributed by atoms with Crippen LogP contribution in [0.5, 0.6) is 5.75 Å². The number of amides is 1. The highest BCUT2D eigenvalue weighted by atomic mass is 19.4. The van der Waals surface area contributed by atoms with Crippen molar-refractivity contribution in [2.45, 2.75) is 25.2 Å². The van der Waals surface area contributed by atoms with Gasteiger partial charge in [-0.15, -0.1) is 23.4 Å². The van der Waals surface area contributed by atoms with E-state index in [4.69, 9.17) is 0 Å². The van der Waals surface area contributed by atoms with Gasteiger partial charge in [-0.2, -0.15) is 5.10 Å². The molecular weight excluding hydrogens is 485 g/mol. The fourth-order valence-electron chi connectivity index (χ4n) is 4.80. The van der Waals surface area contributed by atoms with E-state index in [2.05, 4.69) is 24.9 Å². The monoisotopic (exact) mass is 510 g/mol. The van der Waals surface area contributed by atoms with Crippen molar-refractivity contribution in [3.05, 3.63) is 66.4 Å². The number of rotatable bonds is 5. The predicted molar refractivity (Wildman–Crippen MR) is 132 cm³/mol. The molecule has 0 unspecified atom stereocenters. The predicted octanol–water partition coefficient (Wildman–Crippen LogP) is 4.67. The summed E-state index contributed by atoms with van der Waals surface area (Å²) in [5.41, 5.74) is 1.50. The van der Waals surface area contributed by atoms with Crippen LogP contribution in [0.15, 0.2) is 60.8 Å². The lowest BCUT2D eigenvalue weighted by Gasteiger charge is -2.37. The van der Waals surface area contributed by atoms with Gasteiger partial charge in [-0.3, -0.25) is 9.48 Å². The van der Waals surface area contributed by atoms with Crippen LogP contribution < -0.4 is 9.64 Å². The van der Waals surface area contributed by atoms with Crippen molar-refractivity contribution in [2.24, 2.45) is 7.05 Å². The number of fused-ring (bicyclic) bond motifs is 1. The van der Waals surface area contributed by atoms with Crippen molar-refractivity contribution in [3.8, 4) is 17.1 Å². The van der Waals surface area contributed by atoms with Gasteiger partial charge in [0.2, 0.25) is 0 Å². The van der Waals surface area contributed by atoms with Gasteiger partial charge in [0.15, 0.2) is 5.82 Å². The van der Waals surface area contributed by atoms with Gasteiger partial charge in [0.05, 0.1) is 11.3 Å². The molecule has 4 aromatic rings. The van der Waals surface area contributed by atoms with Crippen molar-refractivity contribution in [2.75, 3.05) is 25.0 Å². The van der Waals surface area contributed by atoms with Crippen molar-refractivity contribution in [1.29, 1.82) is 0 Å². The second-order valence-electron chi connectivity index (χ2n) is 8.94. The summed E-state index contributed by atoms with van der Waals surface area (Å²) < 4.78 is 44.3. The number of aryl methyl sites for hydroxylation is 1. The van der Waals surface area contributed by atoms with Gasteiger partial charge >= 0.3 is 6.36 Å². The minimum Gasteiger partial charge on any atom is -0.405 e. The molecule has 1 saturated heterocycles. The smallest absolute Gasteiger partial charge is 0.405 e. The summed E-state index contributed by atoms with van der Waals surface area (Å²) in [6.45, 7) is 1.24. The molecule has 0 saturated carbocycles. The van der Waals surface area contributed by atoms with Gasteiger partial charge in [-0.25, -0.2) is 0 Å². The zero-order valence-electron chi connectivity index (χ0n) is 20.3. The fourth-order valence-corrected chi connectivity index (χ4v) is 4.80. The van der Waals surface area contributed by atoms with Crippen molar-refractivity contribution >= 4 is 22.5 Å². The number of alkyl halides is 3. The molecule has 192 valence electrons. The molecule has 1 amide bonds. The number of benzene rings is 2. The lowest BCUT2D eigenvalue weighted by molar-refractivity contribution is -0.274. The Bertz CT molecular complexity index is 1430. The largest absolute Gasteiger partial charge is 0.573 e. The van der Waals surface area contributed by atoms with E-state index in [9.17, 15) is 18.0 Å². The molecule has 2 aromatic heterocycles. The lowest BCUT2D eigenvalue weighted by Crippen LogP contribution is -2.46. The molecular formula is C26H25F3N6O2. The number of ether oxygens (including phenoxy) is 1. The fraction of sp³-hybridized carbons (Fsp3) is 0.308. The average molecular weight is 511 g/mol. The number of piperidine rings is 1. The van der Waals surface area contributed by atoms with Crippen LogP contribution in [0, 0.1) is 0 Å². The van der Waals surface area contributed by atoms with Gasteiger partial charge in [-0.1, -0.05) is 36.4 Å². The number of para-hydroxylation sites is 1. The molecule has 11 heteroatoms. The number of nitrogens with zero attached hydrogens (tertiary/aromatic N) is 6. The van der Waals surface area contributed by atoms with Crippen LogP contribution in [-0.4, -0.2) is 63.3 Å². The van der Waals surface area contributed by atoms with Crippen molar-refractivity contribution in [3.63, 3.8) is 0 Å². The molecule has 0 aliphatic carbocycles. The summed E-state index contributed by atoms with van der Waals surface area (Å²) in [7, 11) is 3.47. The van der Waals surface area contributed by atoms with E-state index in [1.165, 1.54) is 23.1 Å². The van der Waals surface area contributed by atoms with Crippen LogP contribution in [0.1, 0.15) is 23.2 Å². The second kappa shape index (κ2) is 9.72. The van der Waals surface area contributed by atoms with E-state index in [1.807, 2.05) is 37.4 Å². The Kier molecular flexibility index (Phi) is 6.45. The van der Waals surface area contributed by atoms with Crippen LogP contribution in [-0.2, 0) is 7.05 Å². The van der Waals surface area contributed by atoms with Crippen LogP contribution in [0.25, 0.3) is 22.2 Å². The van der Waals surface area contributed by atoms with Crippen LogP contribution in [0.4, 0.5) is 19.0 Å². The summed E-state index contributed by atoms with van der Waals surface area (Å²) in [5, 5.41) is 15.3. The summed E-state index contributed by atoms with van der Waals surface area (Å²) in [6, 6.07) is 15.1. The number of hydrogen-bond acceptors (Lipinski definition) is 6. The maximum atomic E-state index is 13.1. The Labute approximate surface area is 211 Å². The number of anilines is 1. The van der Waals surface area contributed by atoms with Gasteiger partial charge in [0, 0.05) is 50.2 Å². The minimum atomic E-state index is -4.88. The van der Waals surface area contributed by atoms with Crippen LogP contribution in [0.3, 0.4) is 0 Å². The van der Waals surface area contributed by atoms with Gasteiger partial charge < -0.3 is 14.5 Å². The molecule has 37 heavy (non-hydrogen) atoms. The molecule has 0 atom stereocenters. The molecule has 0 N–H and O–H groups in total. The molecule has 1 aliphatic heterocycles. The van der Waals surface area contributed by atoms with Gasteiger partial charge in [0.25, 0.3) is 5.91 Å². The van der Waals surface area contributed by atoms with E-state index in [-0.39, 0.29) is 11.6 Å². The van der Waals surface area contributed by atoms with E-state index in [0.717, 1.165) is 34.0 Å². The first-order valence-corrected chi connectivity index (χ1v) is 11.8. The Morgan fingerprint density at radius 2 is 1.68 bits per heavy atom. The van der Waals surface area contributed by atoms with E-state index in [0.29, 0.717) is 25.9 Å². The minimum absolute atomic E-state index is 0.118. The Morgan fingerprint density at radius 3 is 2.35 bits per heavy atom. The maximum Gasteiger partial charge on any atom is 0.573 e. The molecule has 0 radical (unpaired) electrons. The molecule has 8 nitrogen and oxygen atoms in total. The highest BCUT2D eigenvalue weighted by Gasteiger charge is 2.34. The van der Waals surface area contributed by atoms with Crippen molar-refractivity contribution in [1.82, 2.24) is 24.9 Å². The standard InChI is InChI=1S/C26H25F3N6O2/c1-33(25(36)20-9-5-6-10-22(20)37-26(27,28)29)17-12-15-35(16-13-17)24-19-8-4-3-7-18(19)23(31-32-24)21-11-14-30-34(21)2/h3-11,14,17H,12-13,15-16H2,1-2H3. The Morgan fingerprint density at radius 1 is 1.00 bits per heavy atom. The van der Waals surface area contributed by atoms with Crippen LogP contribution in [0.2, 0.25) is 0 Å². The third-order valence-electron chi connectivity index (χ3n) is 6.71.